The Morgan fingerprint density at radius 2 is 2.11 bits per heavy atom. The second-order valence-electron chi connectivity index (χ2n) is 4.46. The van der Waals surface area contributed by atoms with E-state index in [9.17, 15) is 4.79 Å². The molecule has 0 spiro atoms. The number of rotatable bonds is 4. The van der Waals surface area contributed by atoms with Crippen molar-refractivity contribution in [3.8, 4) is 10.6 Å². The first-order chi connectivity index (χ1) is 9.06. The van der Waals surface area contributed by atoms with Gasteiger partial charge in [0.05, 0.1) is 6.10 Å². The van der Waals surface area contributed by atoms with E-state index in [-0.39, 0.29) is 12.5 Å². The maximum absolute atomic E-state index is 11.8. The van der Waals surface area contributed by atoms with E-state index in [4.69, 9.17) is 5.11 Å². The molecule has 0 radical (unpaired) electrons. The number of nitrogens with one attached hydrogen (secondary N) is 1. The van der Waals surface area contributed by atoms with Crippen molar-refractivity contribution >= 4 is 17.2 Å². The molecule has 0 fully saturated rings. The fourth-order valence-electron chi connectivity index (χ4n) is 1.54. The molecule has 19 heavy (non-hydrogen) atoms. The Hall–Kier alpha value is -1.72. The maximum atomic E-state index is 11.8. The molecule has 0 saturated carbocycles. The van der Waals surface area contributed by atoms with Crippen molar-refractivity contribution < 1.29 is 9.90 Å². The Bertz CT molecular complexity index is 561. The zero-order valence-corrected chi connectivity index (χ0v) is 11.7. The molecule has 4 nitrogen and oxygen atoms in total. The van der Waals surface area contributed by atoms with Crippen LogP contribution in [0.2, 0.25) is 0 Å². The quantitative estimate of drug-likeness (QED) is 0.900. The molecule has 1 unspecified atom stereocenters. The van der Waals surface area contributed by atoms with Crippen molar-refractivity contribution in [3.05, 3.63) is 40.9 Å². The van der Waals surface area contributed by atoms with Crippen LogP contribution in [0.5, 0.6) is 0 Å². The third kappa shape index (κ3) is 3.62. The average molecular weight is 276 g/mol. The highest BCUT2D eigenvalue weighted by atomic mass is 32.1. The van der Waals surface area contributed by atoms with Crippen molar-refractivity contribution in [1.82, 2.24) is 10.3 Å². The predicted molar refractivity (Wildman–Crippen MR) is 76.3 cm³/mol. The number of carbonyl (C=O) groups is 1. The summed E-state index contributed by atoms with van der Waals surface area (Å²) >= 11 is 1.44. The van der Waals surface area contributed by atoms with Crippen LogP contribution in [0.4, 0.5) is 0 Å². The average Bonchev–Trinajstić information content (AvgIpc) is 2.86. The van der Waals surface area contributed by atoms with Crippen LogP contribution in [0.25, 0.3) is 10.6 Å². The lowest BCUT2D eigenvalue weighted by atomic mass is 10.2. The molecular formula is C14H16N2O2S. The molecule has 2 aromatic rings. The first-order valence-electron chi connectivity index (χ1n) is 6.05. The zero-order chi connectivity index (χ0) is 13.8. The summed E-state index contributed by atoms with van der Waals surface area (Å²) in [5.74, 6) is -0.254. The van der Waals surface area contributed by atoms with Crippen LogP contribution in [0.3, 0.4) is 0 Å². The number of benzene rings is 1. The number of aliphatic hydroxyl groups is 1. The first-order valence-corrected chi connectivity index (χ1v) is 6.93. The Kier molecular flexibility index (Phi) is 4.29. The van der Waals surface area contributed by atoms with Gasteiger partial charge in [-0.1, -0.05) is 29.8 Å². The molecule has 100 valence electrons. The topological polar surface area (TPSA) is 62.2 Å². The van der Waals surface area contributed by atoms with Crippen LogP contribution in [-0.4, -0.2) is 28.6 Å². The van der Waals surface area contributed by atoms with E-state index in [2.05, 4.69) is 10.3 Å². The van der Waals surface area contributed by atoms with Gasteiger partial charge in [-0.25, -0.2) is 4.98 Å². The molecule has 0 aliphatic carbocycles. The number of carbonyl (C=O) groups excluding carboxylic acids is 1. The maximum Gasteiger partial charge on any atom is 0.270 e. The number of aryl methyl sites for hydroxylation is 1. The summed E-state index contributed by atoms with van der Waals surface area (Å²) in [7, 11) is 0. The fourth-order valence-corrected chi connectivity index (χ4v) is 2.34. The standard InChI is InChI=1S/C14H16N2O2S/c1-9-3-5-11(6-4-9)14-16-12(8-19-14)13(18)15-7-10(2)17/h3-6,8,10,17H,7H2,1-2H3,(H,15,18). The molecule has 2 rings (SSSR count). The fraction of sp³-hybridized carbons (Fsp3) is 0.286. The predicted octanol–water partition coefficient (Wildman–Crippen LogP) is 2.23. The summed E-state index contributed by atoms with van der Waals surface area (Å²) in [6.45, 7) is 3.88. The summed E-state index contributed by atoms with van der Waals surface area (Å²) < 4.78 is 0. The molecule has 1 aromatic carbocycles. The molecule has 0 aliphatic heterocycles. The van der Waals surface area contributed by atoms with E-state index < -0.39 is 6.10 Å². The Balaban J connectivity index is 2.10. The smallest absolute Gasteiger partial charge is 0.270 e. The minimum Gasteiger partial charge on any atom is -0.392 e. The highest BCUT2D eigenvalue weighted by Gasteiger charge is 2.11. The van der Waals surface area contributed by atoms with Crippen LogP contribution >= 0.6 is 11.3 Å². The number of hydrogen-bond acceptors (Lipinski definition) is 4. The van der Waals surface area contributed by atoms with E-state index in [1.165, 1.54) is 16.9 Å². The van der Waals surface area contributed by atoms with Gasteiger partial charge in [-0.2, -0.15) is 0 Å². The Labute approximate surface area is 116 Å². The highest BCUT2D eigenvalue weighted by Crippen LogP contribution is 2.23. The molecule has 1 atom stereocenters. The molecule has 1 aromatic heterocycles. The van der Waals surface area contributed by atoms with E-state index in [1.807, 2.05) is 31.2 Å². The third-order valence-electron chi connectivity index (χ3n) is 2.59. The van der Waals surface area contributed by atoms with Gasteiger partial charge in [-0.05, 0) is 13.8 Å². The number of nitrogens with zero attached hydrogens (tertiary/aromatic N) is 1. The number of thiazole rings is 1. The summed E-state index contributed by atoms with van der Waals surface area (Å²) in [5.41, 5.74) is 2.58. The summed E-state index contributed by atoms with van der Waals surface area (Å²) in [6.07, 6.45) is -0.556. The molecular weight excluding hydrogens is 260 g/mol. The van der Waals surface area contributed by atoms with Gasteiger partial charge in [0.15, 0.2) is 0 Å². The van der Waals surface area contributed by atoms with E-state index >= 15 is 0 Å². The highest BCUT2D eigenvalue weighted by molar-refractivity contribution is 7.13. The summed E-state index contributed by atoms with van der Waals surface area (Å²) in [5, 5.41) is 14.3. The molecule has 0 saturated heterocycles. The van der Waals surface area contributed by atoms with Crippen LogP contribution in [0, 0.1) is 6.92 Å². The number of amides is 1. The van der Waals surface area contributed by atoms with E-state index in [0.29, 0.717) is 5.69 Å². The Morgan fingerprint density at radius 1 is 1.42 bits per heavy atom. The lowest BCUT2D eigenvalue weighted by Gasteiger charge is -2.04. The second-order valence-corrected chi connectivity index (χ2v) is 5.32. The summed E-state index contributed by atoms with van der Waals surface area (Å²) in [6, 6.07) is 8.02. The van der Waals surface area contributed by atoms with Gasteiger partial charge in [0.2, 0.25) is 0 Å². The third-order valence-corrected chi connectivity index (χ3v) is 3.48. The van der Waals surface area contributed by atoms with Gasteiger partial charge in [0.25, 0.3) is 5.91 Å². The van der Waals surface area contributed by atoms with Gasteiger partial charge in [-0.3, -0.25) is 4.79 Å². The normalized spacial score (nSPS) is 12.2. The number of hydrogen-bond donors (Lipinski definition) is 2. The molecule has 1 heterocycles. The SMILES string of the molecule is Cc1ccc(-c2nc(C(=O)NCC(C)O)cs2)cc1. The molecule has 0 aliphatic rings. The van der Waals surface area contributed by atoms with Crippen LogP contribution in [0.15, 0.2) is 29.6 Å². The van der Waals surface area contributed by atoms with Gasteiger partial charge < -0.3 is 10.4 Å². The van der Waals surface area contributed by atoms with Crippen molar-refractivity contribution in [1.29, 1.82) is 0 Å². The lowest BCUT2D eigenvalue weighted by molar-refractivity contribution is 0.0920. The van der Waals surface area contributed by atoms with Gasteiger partial charge in [0, 0.05) is 17.5 Å². The zero-order valence-electron chi connectivity index (χ0n) is 10.9. The van der Waals surface area contributed by atoms with Crippen molar-refractivity contribution in [2.75, 3.05) is 6.54 Å². The van der Waals surface area contributed by atoms with Crippen LogP contribution in [-0.2, 0) is 0 Å². The number of aliphatic hydroxyl groups excluding tert-OH is 1. The molecule has 0 bridgehead atoms. The molecule has 1 amide bonds. The minimum absolute atomic E-state index is 0.232. The van der Waals surface area contributed by atoms with Crippen LogP contribution in [0.1, 0.15) is 23.0 Å². The molecule has 2 N–H and O–H groups in total. The van der Waals surface area contributed by atoms with Crippen molar-refractivity contribution in [2.45, 2.75) is 20.0 Å². The van der Waals surface area contributed by atoms with E-state index in [1.54, 1.807) is 12.3 Å². The first kappa shape index (κ1) is 13.7. The lowest BCUT2D eigenvalue weighted by Crippen LogP contribution is -2.30. The largest absolute Gasteiger partial charge is 0.392 e. The van der Waals surface area contributed by atoms with Gasteiger partial charge in [-0.15, -0.1) is 11.3 Å². The van der Waals surface area contributed by atoms with Gasteiger partial charge in [0.1, 0.15) is 10.7 Å². The second kappa shape index (κ2) is 5.95. The minimum atomic E-state index is -0.556. The van der Waals surface area contributed by atoms with Crippen molar-refractivity contribution in [2.24, 2.45) is 0 Å². The van der Waals surface area contributed by atoms with Crippen molar-refractivity contribution in [3.63, 3.8) is 0 Å². The molecule has 5 heteroatoms. The van der Waals surface area contributed by atoms with Crippen LogP contribution < -0.4 is 5.32 Å². The monoisotopic (exact) mass is 276 g/mol. The number of aromatic nitrogens is 1. The summed E-state index contributed by atoms with van der Waals surface area (Å²) in [4.78, 5) is 16.1. The van der Waals surface area contributed by atoms with E-state index in [0.717, 1.165) is 10.6 Å². The van der Waals surface area contributed by atoms with Gasteiger partial charge >= 0.3 is 0 Å². The Morgan fingerprint density at radius 3 is 2.74 bits per heavy atom.